The second-order valence-corrected chi connectivity index (χ2v) is 11.4. The van der Waals surface area contributed by atoms with Crippen LogP contribution in [-0.2, 0) is 41.6 Å². The number of rotatable bonds is 4. The maximum atomic E-state index is 13.9. The van der Waals surface area contributed by atoms with E-state index in [-0.39, 0.29) is 30.2 Å². The number of fused-ring (bicyclic) bond motifs is 3. The standard InChI is InChI=1S/C30H30FN5O3/c1-34-15-23(14-32-34)19-5-8-25-21(12-19)10-11-30(25)28(38)36(29(39)33-30)17-27(37)35-16-22-4-7-24(31)13-20(22)6-9-26(35)18-2-3-18/h4-5,7-8,12-15,18,26H,2-3,6,9-11,16-17H2,1H3,(H,33,39)/t26-,30?/m0/s1. The van der Waals surface area contributed by atoms with Crippen molar-refractivity contribution in [2.45, 2.75) is 56.7 Å². The van der Waals surface area contributed by atoms with Crippen LogP contribution in [0.25, 0.3) is 11.1 Å². The molecular formula is C30H30FN5O3. The van der Waals surface area contributed by atoms with Crippen LogP contribution >= 0.6 is 0 Å². The highest BCUT2D eigenvalue weighted by molar-refractivity contribution is 6.10. The Hall–Kier alpha value is -4.01. The Morgan fingerprint density at radius 1 is 1.05 bits per heavy atom. The van der Waals surface area contributed by atoms with E-state index >= 15 is 0 Å². The van der Waals surface area contributed by atoms with Crippen molar-refractivity contribution in [3.63, 3.8) is 0 Å². The van der Waals surface area contributed by atoms with Gasteiger partial charge in [0.2, 0.25) is 5.91 Å². The highest BCUT2D eigenvalue weighted by Gasteiger charge is 2.56. The lowest BCUT2D eigenvalue weighted by molar-refractivity contribution is -0.141. The summed E-state index contributed by atoms with van der Waals surface area (Å²) in [5.74, 6) is -0.465. The van der Waals surface area contributed by atoms with Crippen molar-refractivity contribution in [1.29, 1.82) is 0 Å². The number of hydrogen-bond donors (Lipinski definition) is 1. The van der Waals surface area contributed by atoms with E-state index in [0.717, 1.165) is 57.5 Å². The zero-order valence-electron chi connectivity index (χ0n) is 21.8. The molecule has 9 heteroatoms. The summed E-state index contributed by atoms with van der Waals surface area (Å²) in [6.45, 7) is 0.0691. The van der Waals surface area contributed by atoms with E-state index in [2.05, 4.69) is 16.5 Å². The Kier molecular flexibility index (Phi) is 5.40. The van der Waals surface area contributed by atoms with Crippen LogP contribution in [-0.4, -0.2) is 50.0 Å². The number of amides is 4. The molecule has 4 aliphatic rings. The molecule has 2 aliphatic heterocycles. The number of halogens is 1. The number of carbonyl (C=O) groups is 3. The minimum atomic E-state index is -1.14. The summed E-state index contributed by atoms with van der Waals surface area (Å²) < 4.78 is 15.6. The van der Waals surface area contributed by atoms with Gasteiger partial charge in [0.25, 0.3) is 5.91 Å². The number of nitrogens with one attached hydrogen (secondary N) is 1. The van der Waals surface area contributed by atoms with Crippen LogP contribution in [0.5, 0.6) is 0 Å². The van der Waals surface area contributed by atoms with Gasteiger partial charge < -0.3 is 10.2 Å². The van der Waals surface area contributed by atoms with Crippen LogP contribution in [0.3, 0.4) is 0 Å². The molecule has 7 rings (SSSR count). The van der Waals surface area contributed by atoms with Gasteiger partial charge >= 0.3 is 6.03 Å². The van der Waals surface area contributed by atoms with Crippen molar-refractivity contribution in [1.82, 2.24) is 24.9 Å². The average molecular weight is 528 g/mol. The quantitative estimate of drug-likeness (QED) is 0.525. The first-order chi connectivity index (χ1) is 18.8. The summed E-state index contributed by atoms with van der Waals surface area (Å²) in [6, 6.07) is 10.2. The van der Waals surface area contributed by atoms with E-state index in [1.165, 1.54) is 6.07 Å². The number of nitrogens with zero attached hydrogens (tertiary/aromatic N) is 4. The summed E-state index contributed by atoms with van der Waals surface area (Å²) in [6.07, 6.45) is 8.43. The third-order valence-corrected chi connectivity index (χ3v) is 8.95. The lowest BCUT2D eigenvalue weighted by Crippen LogP contribution is -2.48. The predicted molar refractivity (Wildman–Crippen MR) is 141 cm³/mol. The number of carbonyl (C=O) groups excluding carboxylic acids is 3. The van der Waals surface area contributed by atoms with E-state index in [1.54, 1.807) is 23.0 Å². The molecule has 2 aromatic carbocycles. The Balaban J connectivity index is 1.14. The number of aryl methyl sites for hydroxylation is 3. The van der Waals surface area contributed by atoms with Crippen molar-refractivity contribution in [3.8, 4) is 11.1 Å². The molecule has 1 saturated carbocycles. The van der Waals surface area contributed by atoms with Crippen molar-refractivity contribution in [3.05, 3.63) is 76.9 Å². The molecule has 2 atom stereocenters. The number of hydrogen-bond acceptors (Lipinski definition) is 4. The van der Waals surface area contributed by atoms with Gasteiger partial charge in [-0.15, -0.1) is 0 Å². The van der Waals surface area contributed by atoms with Crippen molar-refractivity contribution < 1.29 is 18.8 Å². The van der Waals surface area contributed by atoms with Gasteiger partial charge in [-0.25, -0.2) is 9.18 Å². The lowest BCUT2D eigenvalue weighted by atomic mass is 9.90. The Morgan fingerprint density at radius 3 is 2.67 bits per heavy atom. The zero-order chi connectivity index (χ0) is 26.9. The highest BCUT2D eigenvalue weighted by Crippen LogP contribution is 2.43. The van der Waals surface area contributed by atoms with Crippen LogP contribution in [0.4, 0.5) is 9.18 Å². The number of benzene rings is 2. The van der Waals surface area contributed by atoms with E-state index in [1.807, 2.05) is 30.3 Å². The molecule has 1 N–H and O–H groups in total. The highest BCUT2D eigenvalue weighted by atomic mass is 19.1. The molecule has 200 valence electrons. The van der Waals surface area contributed by atoms with Crippen molar-refractivity contribution >= 4 is 17.8 Å². The second-order valence-electron chi connectivity index (χ2n) is 11.4. The molecule has 0 radical (unpaired) electrons. The van der Waals surface area contributed by atoms with Gasteiger partial charge in [0.05, 0.1) is 6.20 Å². The van der Waals surface area contributed by atoms with Gasteiger partial charge in [-0.2, -0.15) is 5.10 Å². The molecule has 2 fully saturated rings. The monoisotopic (exact) mass is 527 g/mol. The molecule has 1 saturated heterocycles. The first kappa shape index (κ1) is 24.1. The lowest BCUT2D eigenvalue weighted by Gasteiger charge is -2.31. The Labute approximate surface area is 225 Å². The van der Waals surface area contributed by atoms with Crippen LogP contribution in [0.1, 0.15) is 47.9 Å². The van der Waals surface area contributed by atoms with Crippen LogP contribution in [0, 0.1) is 11.7 Å². The maximum absolute atomic E-state index is 13.9. The summed E-state index contributed by atoms with van der Waals surface area (Å²) in [7, 11) is 1.87. The van der Waals surface area contributed by atoms with E-state index in [0.29, 0.717) is 31.7 Å². The number of urea groups is 1. The molecule has 4 amide bonds. The molecule has 3 heterocycles. The summed E-state index contributed by atoms with van der Waals surface area (Å²) in [5, 5.41) is 7.19. The molecule has 1 spiro atoms. The van der Waals surface area contributed by atoms with Crippen LogP contribution in [0.15, 0.2) is 48.8 Å². The van der Waals surface area contributed by atoms with E-state index in [9.17, 15) is 18.8 Å². The van der Waals surface area contributed by atoms with Gasteiger partial charge in [0, 0.05) is 31.4 Å². The maximum Gasteiger partial charge on any atom is 0.325 e. The van der Waals surface area contributed by atoms with Gasteiger partial charge in [-0.1, -0.05) is 24.3 Å². The smallest absolute Gasteiger partial charge is 0.325 e. The van der Waals surface area contributed by atoms with Crippen molar-refractivity contribution in [2.75, 3.05) is 6.54 Å². The van der Waals surface area contributed by atoms with Crippen molar-refractivity contribution in [2.24, 2.45) is 13.0 Å². The van der Waals surface area contributed by atoms with E-state index in [4.69, 9.17) is 0 Å². The Morgan fingerprint density at radius 2 is 1.90 bits per heavy atom. The third-order valence-electron chi connectivity index (χ3n) is 8.95. The SMILES string of the molecule is Cn1cc(-c2ccc3c(c2)CCC32NC(=O)N(CC(=O)N3Cc4ccc(F)cc4CC[C@H]3C3CC3)C2=O)cn1. The predicted octanol–water partition coefficient (Wildman–Crippen LogP) is 3.67. The van der Waals surface area contributed by atoms with Gasteiger partial charge in [0.15, 0.2) is 0 Å². The fourth-order valence-electron chi connectivity index (χ4n) is 6.76. The normalized spacial score (nSPS) is 24.1. The molecule has 3 aromatic rings. The molecular weight excluding hydrogens is 497 g/mol. The number of aromatic nitrogens is 2. The fraction of sp³-hybridized carbons (Fsp3) is 0.400. The first-order valence-electron chi connectivity index (χ1n) is 13.7. The molecule has 0 bridgehead atoms. The molecule has 1 unspecified atom stereocenters. The summed E-state index contributed by atoms with van der Waals surface area (Å²) >= 11 is 0. The largest absolute Gasteiger partial charge is 0.334 e. The average Bonchev–Trinajstić information content (AvgIpc) is 3.55. The van der Waals surface area contributed by atoms with E-state index < -0.39 is 11.6 Å². The summed E-state index contributed by atoms with van der Waals surface area (Å²) in [4.78, 5) is 43.7. The first-order valence-corrected chi connectivity index (χ1v) is 13.7. The fourth-order valence-corrected chi connectivity index (χ4v) is 6.76. The Bertz CT molecular complexity index is 1530. The minimum absolute atomic E-state index is 0.0285. The molecule has 8 nitrogen and oxygen atoms in total. The molecule has 2 aliphatic carbocycles. The van der Waals surface area contributed by atoms with Crippen LogP contribution < -0.4 is 5.32 Å². The zero-order valence-corrected chi connectivity index (χ0v) is 21.8. The van der Waals surface area contributed by atoms with Gasteiger partial charge in [0.1, 0.15) is 17.9 Å². The molecule has 1 aromatic heterocycles. The minimum Gasteiger partial charge on any atom is -0.334 e. The van der Waals surface area contributed by atoms with Crippen LogP contribution in [0.2, 0.25) is 0 Å². The van der Waals surface area contributed by atoms with Gasteiger partial charge in [-0.05, 0) is 84.4 Å². The topological polar surface area (TPSA) is 87.5 Å². The number of imide groups is 1. The summed E-state index contributed by atoms with van der Waals surface area (Å²) in [5.41, 5.74) is 4.53. The second kappa shape index (κ2) is 8.76. The third kappa shape index (κ3) is 3.94. The molecule has 39 heavy (non-hydrogen) atoms. The van der Waals surface area contributed by atoms with Gasteiger partial charge in [-0.3, -0.25) is 19.2 Å².